The second-order valence-electron chi connectivity index (χ2n) is 7.83. The van der Waals surface area contributed by atoms with Gasteiger partial charge in [-0.25, -0.2) is 4.79 Å². The molecule has 0 fully saturated rings. The minimum atomic E-state index is -0.587. The molecule has 0 unspecified atom stereocenters. The van der Waals surface area contributed by atoms with Gasteiger partial charge in [0.05, 0.1) is 19.6 Å². The van der Waals surface area contributed by atoms with E-state index in [0.717, 1.165) is 16.7 Å². The molecule has 0 saturated carbocycles. The summed E-state index contributed by atoms with van der Waals surface area (Å²) in [5, 5.41) is 0.313. The molecule has 0 radical (unpaired) electrons. The quantitative estimate of drug-likeness (QED) is 0.190. The first-order valence-electron chi connectivity index (χ1n) is 10.8. The van der Waals surface area contributed by atoms with E-state index < -0.39 is 5.97 Å². The van der Waals surface area contributed by atoms with Crippen LogP contribution < -0.4 is 24.4 Å². The maximum absolute atomic E-state index is 12.9. The Morgan fingerprint density at radius 2 is 1.66 bits per heavy atom. The first-order chi connectivity index (χ1) is 16.9. The van der Waals surface area contributed by atoms with Crippen LogP contribution in [0.4, 0.5) is 0 Å². The van der Waals surface area contributed by atoms with Gasteiger partial charge in [-0.05, 0) is 66.9 Å². The first-order valence-corrected chi connectivity index (χ1v) is 10.8. The number of rotatable bonds is 7. The van der Waals surface area contributed by atoms with Crippen molar-refractivity contribution in [3.05, 3.63) is 93.9 Å². The summed E-state index contributed by atoms with van der Waals surface area (Å²) in [6.45, 7) is 3.85. The molecule has 0 aliphatic rings. The normalized spacial score (nSPS) is 11.0. The van der Waals surface area contributed by atoms with Crippen LogP contribution in [0.2, 0.25) is 0 Å². The zero-order valence-corrected chi connectivity index (χ0v) is 19.8. The van der Waals surface area contributed by atoms with Crippen molar-refractivity contribution in [3.8, 4) is 28.7 Å². The van der Waals surface area contributed by atoms with Gasteiger partial charge >= 0.3 is 5.97 Å². The molecule has 4 aromatic rings. The summed E-state index contributed by atoms with van der Waals surface area (Å²) in [6, 6.07) is 15.6. The Kier molecular flexibility index (Phi) is 6.87. The molecule has 0 aliphatic carbocycles. The van der Waals surface area contributed by atoms with E-state index >= 15 is 0 Å². The number of hydrogen-bond donors (Lipinski definition) is 0. The third-order valence-electron chi connectivity index (χ3n) is 5.32. The van der Waals surface area contributed by atoms with Crippen molar-refractivity contribution in [2.75, 3.05) is 14.2 Å². The van der Waals surface area contributed by atoms with Gasteiger partial charge in [0.15, 0.2) is 11.5 Å². The SMILES string of the molecule is COc1ccc(C=CC(=O)Oc2ccc3c(=O)c(Oc4cc(C)ccc4C)coc3c2)cc1OC. The number of aryl methyl sites for hydroxylation is 2. The van der Waals surface area contributed by atoms with Gasteiger partial charge in [0.2, 0.25) is 11.2 Å². The molecule has 0 atom stereocenters. The summed E-state index contributed by atoms with van der Waals surface area (Å²) in [5.74, 6) is 1.46. The van der Waals surface area contributed by atoms with Crippen molar-refractivity contribution in [3.63, 3.8) is 0 Å². The lowest BCUT2D eigenvalue weighted by molar-refractivity contribution is -0.128. The number of benzene rings is 3. The molecule has 178 valence electrons. The highest BCUT2D eigenvalue weighted by Crippen LogP contribution is 2.29. The minimum absolute atomic E-state index is 0.0776. The third-order valence-corrected chi connectivity index (χ3v) is 5.32. The highest BCUT2D eigenvalue weighted by Gasteiger charge is 2.12. The Hall–Kier alpha value is -4.52. The van der Waals surface area contributed by atoms with Crippen LogP contribution >= 0.6 is 0 Å². The van der Waals surface area contributed by atoms with Gasteiger partial charge in [-0.1, -0.05) is 18.2 Å². The van der Waals surface area contributed by atoms with Crippen LogP contribution in [0.1, 0.15) is 16.7 Å². The van der Waals surface area contributed by atoms with Crippen molar-refractivity contribution >= 4 is 23.0 Å². The second kappa shape index (κ2) is 10.2. The lowest BCUT2D eigenvalue weighted by Gasteiger charge is -2.09. The Labute approximate surface area is 202 Å². The van der Waals surface area contributed by atoms with Gasteiger partial charge in [0.1, 0.15) is 23.3 Å². The molecule has 0 saturated heterocycles. The van der Waals surface area contributed by atoms with Gasteiger partial charge in [0.25, 0.3) is 0 Å². The van der Waals surface area contributed by atoms with E-state index in [0.29, 0.717) is 22.6 Å². The molecule has 35 heavy (non-hydrogen) atoms. The van der Waals surface area contributed by atoms with Crippen LogP contribution in [0.25, 0.3) is 17.0 Å². The fraction of sp³-hybridized carbons (Fsp3) is 0.143. The summed E-state index contributed by atoms with van der Waals surface area (Å²) in [7, 11) is 3.09. The van der Waals surface area contributed by atoms with Crippen LogP contribution in [-0.4, -0.2) is 20.2 Å². The van der Waals surface area contributed by atoms with E-state index in [2.05, 4.69) is 0 Å². The molecular formula is C28H24O7. The molecular weight excluding hydrogens is 448 g/mol. The summed E-state index contributed by atoms with van der Waals surface area (Å²) in [5.41, 5.74) is 2.61. The number of methoxy groups -OCH3 is 2. The van der Waals surface area contributed by atoms with Crippen molar-refractivity contribution in [2.45, 2.75) is 13.8 Å². The summed E-state index contributed by atoms with van der Waals surface area (Å²) >= 11 is 0. The zero-order chi connectivity index (χ0) is 24.9. The summed E-state index contributed by atoms with van der Waals surface area (Å²) < 4.78 is 27.3. The van der Waals surface area contributed by atoms with Gasteiger partial charge in [-0.15, -0.1) is 0 Å². The largest absolute Gasteiger partial charge is 0.493 e. The van der Waals surface area contributed by atoms with E-state index in [-0.39, 0.29) is 22.5 Å². The molecule has 0 amide bonds. The lowest BCUT2D eigenvalue weighted by atomic mass is 10.1. The molecule has 0 aliphatic heterocycles. The van der Waals surface area contributed by atoms with Crippen molar-refractivity contribution < 1.29 is 28.2 Å². The lowest BCUT2D eigenvalue weighted by Crippen LogP contribution is -2.07. The minimum Gasteiger partial charge on any atom is -0.493 e. The predicted octanol–water partition coefficient (Wildman–Crippen LogP) is 5.84. The fourth-order valence-corrected chi connectivity index (χ4v) is 3.43. The number of ether oxygens (including phenoxy) is 4. The molecule has 0 bridgehead atoms. The van der Waals surface area contributed by atoms with Crippen LogP contribution in [0.15, 0.2) is 76.1 Å². The van der Waals surface area contributed by atoms with Crippen LogP contribution in [0.5, 0.6) is 28.7 Å². The number of esters is 1. The Balaban J connectivity index is 1.50. The number of carbonyl (C=O) groups excluding carboxylic acids is 1. The van der Waals surface area contributed by atoms with Crippen LogP contribution in [-0.2, 0) is 4.79 Å². The Morgan fingerprint density at radius 1 is 0.857 bits per heavy atom. The highest BCUT2D eigenvalue weighted by atomic mass is 16.5. The Bertz CT molecular complexity index is 1480. The predicted molar refractivity (Wildman–Crippen MR) is 133 cm³/mol. The van der Waals surface area contributed by atoms with Crippen molar-refractivity contribution in [2.24, 2.45) is 0 Å². The van der Waals surface area contributed by atoms with E-state index in [1.54, 1.807) is 31.4 Å². The average Bonchev–Trinajstić information content (AvgIpc) is 2.86. The first kappa shape index (κ1) is 23.6. The maximum atomic E-state index is 12.9. The van der Waals surface area contributed by atoms with Crippen molar-refractivity contribution in [1.29, 1.82) is 0 Å². The fourth-order valence-electron chi connectivity index (χ4n) is 3.43. The Morgan fingerprint density at radius 3 is 2.43 bits per heavy atom. The van der Waals surface area contributed by atoms with Crippen molar-refractivity contribution in [1.82, 2.24) is 0 Å². The highest BCUT2D eigenvalue weighted by molar-refractivity contribution is 5.89. The zero-order valence-electron chi connectivity index (χ0n) is 19.8. The molecule has 1 heterocycles. The maximum Gasteiger partial charge on any atom is 0.336 e. The number of carbonyl (C=O) groups is 1. The number of fused-ring (bicyclic) bond motifs is 1. The molecule has 1 aromatic heterocycles. The van der Waals surface area contributed by atoms with Crippen LogP contribution in [0.3, 0.4) is 0 Å². The van der Waals surface area contributed by atoms with E-state index in [1.807, 2.05) is 32.0 Å². The van der Waals surface area contributed by atoms with E-state index in [9.17, 15) is 9.59 Å². The standard InChI is InChI=1S/C28H24O7/c1-17-5-6-18(2)23(13-17)35-26-16-33-24-15-20(9-10-21(24)28(26)30)34-27(29)12-8-19-7-11-22(31-3)25(14-19)32-4/h5-16H,1-4H3. The van der Waals surface area contributed by atoms with Gasteiger partial charge in [-0.2, -0.15) is 0 Å². The van der Waals surface area contributed by atoms with E-state index in [1.165, 1.54) is 37.6 Å². The van der Waals surface area contributed by atoms with Gasteiger partial charge in [0, 0.05) is 12.1 Å². The molecule has 7 heteroatoms. The third kappa shape index (κ3) is 5.35. The molecule has 0 spiro atoms. The summed E-state index contributed by atoms with van der Waals surface area (Å²) in [4.78, 5) is 25.2. The van der Waals surface area contributed by atoms with Gasteiger partial charge in [-0.3, -0.25) is 4.79 Å². The average molecular weight is 472 g/mol. The monoisotopic (exact) mass is 472 g/mol. The second-order valence-corrected chi connectivity index (χ2v) is 7.83. The summed E-state index contributed by atoms with van der Waals surface area (Å²) in [6.07, 6.45) is 4.15. The number of hydrogen-bond acceptors (Lipinski definition) is 7. The molecule has 7 nitrogen and oxygen atoms in total. The molecule has 3 aromatic carbocycles. The molecule has 0 N–H and O–H groups in total. The van der Waals surface area contributed by atoms with Crippen LogP contribution in [0, 0.1) is 13.8 Å². The smallest absolute Gasteiger partial charge is 0.336 e. The topological polar surface area (TPSA) is 84.2 Å². The molecule has 4 rings (SSSR count). The van der Waals surface area contributed by atoms with E-state index in [4.69, 9.17) is 23.4 Å². The van der Waals surface area contributed by atoms with Gasteiger partial charge < -0.3 is 23.4 Å².